The predicted octanol–water partition coefficient (Wildman–Crippen LogP) is 4.51. The molecule has 3 aromatic rings. The van der Waals surface area contributed by atoms with Gasteiger partial charge < -0.3 is 19.7 Å². The molecule has 0 aliphatic heterocycles. The fourth-order valence-corrected chi connectivity index (χ4v) is 2.89. The number of carbonyl (C=O) groups is 1. The van der Waals surface area contributed by atoms with Crippen LogP contribution in [0.15, 0.2) is 66.9 Å². The number of pyridine rings is 1. The number of para-hydroxylation sites is 1. The first kappa shape index (κ1) is 19.2. The lowest BCUT2D eigenvalue weighted by molar-refractivity contribution is 0.0988. The van der Waals surface area contributed by atoms with Crippen molar-refractivity contribution in [2.75, 3.05) is 31.0 Å². The lowest BCUT2D eigenvalue weighted by Crippen LogP contribution is -2.30. The summed E-state index contributed by atoms with van der Waals surface area (Å²) in [6.45, 7) is 2.52. The van der Waals surface area contributed by atoms with Crippen LogP contribution in [0.25, 0.3) is 0 Å². The number of aromatic nitrogens is 1. The predicted molar refractivity (Wildman–Crippen MR) is 111 cm³/mol. The highest BCUT2D eigenvalue weighted by atomic mass is 16.5. The van der Waals surface area contributed by atoms with Gasteiger partial charge in [-0.2, -0.15) is 0 Å². The number of amides is 1. The molecule has 1 heterocycles. The van der Waals surface area contributed by atoms with Crippen molar-refractivity contribution in [2.45, 2.75) is 6.92 Å². The van der Waals surface area contributed by atoms with E-state index in [1.54, 1.807) is 37.4 Å². The number of methoxy groups -OCH3 is 2. The van der Waals surface area contributed by atoms with Crippen LogP contribution in [0.4, 0.5) is 17.2 Å². The van der Waals surface area contributed by atoms with Crippen molar-refractivity contribution in [2.24, 2.45) is 0 Å². The van der Waals surface area contributed by atoms with E-state index in [2.05, 4.69) is 10.3 Å². The number of nitrogens with one attached hydrogen (secondary N) is 1. The summed E-state index contributed by atoms with van der Waals surface area (Å²) in [5.41, 5.74) is 2.11. The zero-order valence-corrected chi connectivity index (χ0v) is 16.2. The van der Waals surface area contributed by atoms with Crippen LogP contribution in [0.3, 0.4) is 0 Å². The molecule has 0 radical (unpaired) electrons. The molecule has 1 amide bonds. The molecule has 0 aliphatic carbocycles. The third kappa shape index (κ3) is 4.23. The van der Waals surface area contributed by atoms with Gasteiger partial charge in [0.2, 0.25) is 0 Å². The number of benzene rings is 2. The molecule has 0 saturated carbocycles. The van der Waals surface area contributed by atoms with Gasteiger partial charge >= 0.3 is 0 Å². The Kier molecular flexibility index (Phi) is 6.11. The minimum absolute atomic E-state index is 0.0863. The lowest BCUT2D eigenvalue weighted by Gasteiger charge is -2.21. The molecule has 0 saturated heterocycles. The fraction of sp³-hybridized carbons (Fsp3) is 0.182. The molecule has 3 rings (SSSR count). The first-order valence-corrected chi connectivity index (χ1v) is 8.98. The van der Waals surface area contributed by atoms with Crippen molar-refractivity contribution in [3.8, 4) is 11.5 Å². The van der Waals surface area contributed by atoms with Gasteiger partial charge in [-0.15, -0.1) is 0 Å². The number of hydrogen-bond donors (Lipinski definition) is 1. The van der Waals surface area contributed by atoms with E-state index in [4.69, 9.17) is 9.47 Å². The van der Waals surface area contributed by atoms with Gasteiger partial charge in [-0.05, 0) is 43.3 Å². The van der Waals surface area contributed by atoms with Gasteiger partial charge in [0.05, 0.1) is 19.9 Å². The number of nitrogens with zero attached hydrogens (tertiary/aromatic N) is 2. The van der Waals surface area contributed by atoms with Gasteiger partial charge in [-0.3, -0.25) is 4.79 Å². The number of ether oxygens (including phenoxy) is 2. The Labute approximate surface area is 164 Å². The van der Waals surface area contributed by atoms with Crippen LogP contribution in [0.5, 0.6) is 11.5 Å². The topological polar surface area (TPSA) is 63.7 Å². The maximum atomic E-state index is 13.0. The number of hydrogen-bond acceptors (Lipinski definition) is 5. The molecular formula is C22H23N3O3. The molecule has 1 N–H and O–H groups in total. The normalized spacial score (nSPS) is 10.2. The fourth-order valence-electron chi connectivity index (χ4n) is 2.89. The van der Waals surface area contributed by atoms with Crippen molar-refractivity contribution >= 4 is 23.1 Å². The SMILES string of the molecule is CCN(C(=O)c1ccnc(Nc2cc(OC)ccc2OC)c1)c1ccccc1. The Morgan fingerprint density at radius 2 is 1.82 bits per heavy atom. The zero-order chi connectivity index (χ0) is 19.9. The lowest BCUT2D eigenvalue weighted by atomic mass is 10.2. The minimum Gasteiger partial charge on any atom is -0.497 e. The molecule has 28 heavy (non-hydrogen) atoms. The highest BCUT2D eigenvalue weighted by Crippen LogP contribution is 2.31. The van der Waals surface area contributed by atoms with Crippen LogP contribution >= 0.6 is 0 Å². The van der Waals surface area contributed by atoms with E-state index >= 15 is 0 Å². The largest absolute Gasteiger partial charge is 0.497 e. The van der Waals surface area contributed by atoms with Crippen LogP contribution in [0, 0.1) is 0 Å². The Bertz CT molecular complexity index is 945. The van der Waals surface area contributed by atoms with E-state index in [1.807, 2.05) is 55.5 Å². The molecule has 6 nitrogen and oxygen atoms in total. The van der Waals surface area contributed by atoms with Crippen LogP contribution in [-0.2, 0) is 0 Å². The van der Waals surface area contributed by atoms with Gasteiger partial charge in [0.25, 0.3) is 5.91 Å². The highest BCUT2D eigenvalue weighted by Gasteiger charge is 2.17. The Morgan fingerprint density at radius 1 is 1.04 bits per heavy atom. The van der Waals surface area contributed by atoms with E-state index in [0.717, 1.165) is 5.69 Å². The molecular weight excluding hydrogens is 354 g/mol. The second-order valence-corrected chi connectivity index (χ2v) is 6.01. The highest BCUT2D eigenvalue weighted by molar-refractivity contribution is 6.06. The van der Waals surface area contributed by atoms with Crippen molar-refractivity contribution in [3.63, 3.8) is 0 Å². The molecule has 0 unspecified atom stereocenters. The van der Waals surface area contributed by atoms with E-state index in [0.29, 0.717) is 35.1 Å². The second kappa shape index (κ2) is 8.90. The van der Waals surface area contributed by atoms with E-state index in [9.17, 15) is 4.79 Å². The summed E-state index contributed by atoms with van der Waals surface area (Å²) in [6.07, 6.45) is 1.61. The summed E-state index contributed by atoms with van der Waals surface area (Å²) in [4.78, 5) is 19.1. The van der Waals surface area contributed by atoms with E-state index in [1.165, 1.54) is 0 Å². The van der Waals surface area contributed by atoms with E-state index < -0.39 is 0 Å². The number of rotatable bonds is 7. The van der Waals surface area contributed by atoms with Crippen LogP contribution in [0.2, 0.25) is 0 Å². The summed E-state index contributed by atoms with van der Waals surface area (Å²) in [5.74, 6) is 1.80. The van der Waals surface area contributed by atoms with Gasteiger partial charge in [0, 0.05) is 30.1 Å². The molecule has 6 heteroatoms. The second-order valence-electron chi connectivity index (χ2n) is 6.01. The number of anilines is 3. The Morgan fingerprint density at radius 3 is 2.50 bits per heavy atom. The molecule has 0 aliphatic rings. The van der Waals surface area contributed by atoms with Gasteiger partial charge in [0.1, 0.15) is 17.3 Å². The maximum absolute atomic E-state index is 13.0. The summed E-state index contributed by atoms with van der Waals surface area (Å²) >= 11 is 0. The van der Waals surface area contributed by atoms with Crippen LogP contribution in [0.1, 0.15) is 17.3 Å². The molecule has 0 atom stereocenters. The van der Waals surface area contributed by atoms with Crippen LogP contribution < -0.4 is 19.7 Å². The standard InChI is InChI=1S/C22H23N3O3/c1-4-25(17-8-6-5-7-9-17)22(26)16-12-13-23-21(14-16)24-19-15-18(27-2)10-11-20(19)28-3/h5-15H,4H2,1-3H3,(H,23,24). The van der Waals surface area contributed by atoms with Crippen molar-refractivity contribution in [3.05, 3.63) is 72.4 Å². The maximum Gasteiger partial charge on any atom is 0.258 e. The Hall–Kier alpha value is -3.54. The molecule has 144 valence electrons. The van der Waals surface area contributed by atoms with Crippen molar-refractivity contribution in [1.82, 2.24) is 4.98 Å². The average Bonchev–Trinajstić information content (AvgIpc) is 2.75. The molecule has 0 fully saturated rings. The van der Waals surface area contributed by atoms with E-state index in [-0.39, 0.29) is 5.91 Å². The van der Waals surface area contributed by atoms with Gasteiger partial charge in [-0.25, -0.2) is 4.98 Å². The van der Waals surface area contributed by atoms with Crippen molar-refractivity contribution < 1.29 is 14.3 Å². The third-order valence-corrected chi connectivity index (χ3v) is 4.31. The summed E-state index contributed by atoms with van der Waals surface area (Å²) in [5, 5.41) is 3.20. The Balaban J connectivity index is 1.87. The average molecular weight is 377 g/mol. The summed E-state index contributed by atoms with van der Waals surface area (Å²) < 4.78 is 10.7. The zero-order valence-electron chi connectivity index (χ0n) is 16.2. The monoisotopic (exact) mass is 377 g/mol. The molecule has 1 aromatic heterocycles. The van der Waals surface area contributed by atoms with Crippen LogP contribution in [-0.4, -0.2) is 31.7 Å². The first-order valence-electron chi connectivity index (χ1n) is 8.98. The molecule has 2 aromatic carbocycles. The van der Waals surface area contributed by atoms with Crippen molar-refractivity contribution in [1.29, 1.82) is 0 Å². The van der Waals surface area contributed by atoms with Gasteiger partial charge in [0.15, 0.2) is 0 Å². The smallest absolute Gasteiger partial charge is 0.258 e. The minimum atomic E-state index is -0.0863. The molecule has 0 spiro atoms. The molecule has 0 bridgehead atoms. The summed E-state index contributed by atoms with van der Waals surface area (Å²) in [7, 11) is 3.20. The summed E-state index contributed by atoms with van der Waals surface area (Å²) in [6, 6.07) is 18.5. The van der Waals surface area contributed by atoms with Gasteiger partial charge in [-0.1, -0.05) is 18.2 Å². The number of carbonyl (C=O) groups excluding carboxylic acids is 1. The third-order valence-electron chi connectivity index (χ3n) is 4.31. The first-order chi connectivity index (χ1) is 13.7. The quantitative estimate of drug-likeness (QED) is 0.656.